The molecule has 42 heavy (non-hydrogen) atoms. The summed E-state index contributed by atoms with van der Waals surface area (Å²) in [7, 11) is -2.70. The molecule has 3 aromatic carbocycles. The number of nitrogens with zero attached hydrogens (tertiary/aromatic N) is 2. The first-order chi connectivity index (χ1) is 20.0. The van der Waals surface area contributed by atoms with Crippen molar-refractivity contribution in [2.75, 3.05) is 31.1 Å². The summed E-state index contributed by atoms with van der Waals surface area (Å²) in [6.07, 6.45) is 0. The predicted molar refractivity (Wildman–Crippen MR) is 164 cm³/mol. The van der Waals surface area contributed by atoms with Crippen LogP contribution in [0.25, 0.3) is 0 Å². The molecular formula is C31H38ClN3O6S. The van der Waals surface area contributed by atoms with Crippen molar-refractivity contribution in [2.24, 2.45) is 5.92 Å². The molecule has 1 atom stereocenters. The minimum absolute atomic E-state index is 0.0459. The van der Waals surface area contributed by atoms with Crippen molar-refractivity contribution in [3.05, 3.63) is 83.4 Å². The summed E-state index contributed by atoms with van der Waals surface area (Å²) in [6, 6.07) is 18.6. The van der Waals surface area contributed by atoms with Gasteiger partial charge in [-0.05, 0) is 73.9 Å². The first-order valence-electron chi connectivity index (χ1n) is 13.7. The number of carbonyl (C=O) groups excluding carboxylic acids is 2. The summed E-state index contributed by atoms with van der Waals surface area (Å²) in [5, 5.41) is 3.25. The third-order valence-electron chi connectivity index (χ3n) is 6.48. The smallest absolute Gasteiger partial charge is 0.264 e. The summed E-state index contributed by atoms with van der Waals surface area (Å²) in [4.78, 5) is 28.6. The van der Waals surface area contributed by atoms with Crippen LogP contribution in [0.1, 0.15) is 33.3 Å². The Balaban J connectivity index is 2.06. The molecule has 0 spiro atoms. The van der Waals surface area contributed by atoms with E-state index >= 15 is 0 Å². The minimum atomic E-state index is -4.26. The fourth-order valence-electron chi connectivity index (χ4n) is 4.15. The number of hydrogen-bond acceptors (Lipinski definition) is 6. The maximum atomic E-state index is 14.1. The highest BCUT2D eigenvalue weighted by Crippen LogP contribution is 2.33. The largest absolute Gasteiger partial charge is 0.497 e. The van der Waals surface area contributed by atoms with Crippen molar-refractivity contribution in [2.45, 2.75) is 45.2 Å². The highest BCUT2D eigenvalue weighted by atomic mass is 35.5. The van der Waals surface area contributed by atoms with Gasteiger partial charge in [0, 0.05) is 18.1 Å². The van der Waals surface area contributed by atoms with Gasteiger partial charge in [-0.1, -0.05) is 49.7 Å². The molecule has 0 aliphatic carbocycles. The Morgan fingerprint density at radius 3 is 2.19 bits per heavy atom. The summed E-state index contributed by atoms with van der Waals surface area (Å²) in [6.45, 7) is 7.58. The molecule has 0 bridgehead atoms. The van der Waals surface area contributed by atoms with E-state index in [0.29, 0.717) is 23.1 Å². The molecule has 3 rings (SSSR count). The lowest BCUT2D eigenvalue weighted by molar-refractivity contribution is -0.139. The van der Waals surface area contributed by atoms with Gasteiger partial charge in [-0.25, -0.2) is 8.42 Å². The van der Waals surface area contributed by atoms with Gasteiger partial charge < -0.3 is 19.7 Å². The van der Waals surface area contributed by atoms with Gasteiger partial charge >= 0.3 is 0 Å². The molecule has 9 nitrogen and oxygen atoms in total. The first-order valence-corrected chi connectivity index (χ1v) is 15.5. The zero-order chi connectivity index (χ0) is 30.9. The fourth-order valence-corrected chi connectivity index (χ4v) is 5.70. The van der Waals surface area contributed by atoms with Crippen LogP contribution in [0.4, 0.5) is 5.69 Å². The monoisotopic (exact) mass is 615 g/mol. The summed E-state index contributed by atoms with van der Waals surface area (Å²) < 4.78 is 40.1. The molecule has 0 radical (unpaired) electrons. The molecule has 11 heteroatoms. The van der Waals surface area contributed by atoms with Gasteiger partial charge in [0.1, 0.15) is 24.1 Å². The highest BCUT2D eigenvalue weighted by Gasteiger charge is 2.33. The number of halogens is 1. The van der Waals surface area contributed by atoms with Crippen LogP contribution in [0.5, 0.6) is 11.5 Å². The minimum Gasteiger partial charge on any atom is -0.497 e. The highest BCUT2D eigenvalue weighted by molar-refractivity contribution is 7.92. The van der Waals surface area contributed by atoms with Crippen molar-refractivity contribution in [1.82, 2.24) is 10.2 Å². The van der Waals surface area contributed by atoms with E-state index in [1.165, 1.54) is 29.2 Å². The van der Waals surface area contributed by atoms with Crippen LogP contribution >= 0.6 is 11.6 Å². The van der Waals surface area contributed by atoms with Crippen LogP contribution in [0.15, 0.2) is 77.7 Å². The van der Waals surface area contributed by atoms with Gasteiger partial charge in [-0.15, -0.1) is 0 Å². The van der Waals surface area contributed by atoms with E-state index in [4.69, 9.17) is 21.1 Å². The van der Waals surface area contributed by atoms with E-state index in [1.807, 2.05) is 13.8 Å². The van der Waals surface area contributed by atoms with E-state index in [1.54, 1.807) is 69.5 Å². The molecular weight excluding hydrogens is 578 g/mol. The zero-order valence-corrected chi connectivity index (χ0v) is 26.1. The van der Waals surface area contributed by atoms with Crippen LogP contribution in [0.2, 0.25) is 5.02 Å². The molecule has 0 unspecified atom stereocenters. The Morgan fingerprint density at radius 2 is 1.60 bits per heavy atom. The fraction of sp³-hybridized carbons (Fsp3) is 0.355. The molecule has 1 N–H and O–H groups in total. The molecule has 0 saturated heterocycles. The molecule has 0 aliphatic rings. The number of nitrogens with one attached hydrogen (secondary N) is 1. The SMILES string of the molecule is CCOc1ccccc1N(CC(=O)N(Cc1ccc(OC)cc1)[C@@H](C)C(=O)NCC(C)C)S(=O)(=O)c1ccc(Cl)cc1. The van der Waals surface area contributed by atoms with Gasteiger partial charge in [-0.2, -0.15) is 0 Å². The van der Waals surface area contributed by atoms with E-state index in [9.17, 15) is 18.0 Å². The van der Waals surface area contributed by atoms with Crippen molar-refractivity contribution in [3.63, 3.8) is 0 Å². The van der Waals surface area contributed by atoms with E-state index in [2.05, 4.69) is 5.32 Å². The van der Waals surface area contributed by atoms with Crippen LogP contribution in [0, 0.1) is 5.92 Å². The number of para-hydroxylation sites is 2. The zero-order valence-electron chi connectivity index (χ0n) is 24.5. The predicted octanol–water partition coefficient (Wildman–Crippen LogP) is 5.13. The number of hydrogen-bond donors (Lipinski definition) is 1. The summed E-state index contributed by atoms with van der Waals surface area (Å²) >= 11 is 6.02. The second-order valence-electron chi connectivity index (χ2n) is 10.1. The van der Waals surface area contributed by atoms with Crippen molar-refractivity contribution < 1.29 is 27.5 Å². The topological polar surface area (TPSA) is 105 Å². The Kier molecular flexibility index (Phi) is 11.6. The van der Waals surface area contributed by atoms with E-state index < -0.39 is 28.5 Å². The molecule has 0 aliphatic heterocycles. The summed E-state index contributed by atoms with van der Waals surface area (Å²) in [5.74, 6) is 0.248. The first kappa shape index (κ1) is 32.8. The van der Waals surface area contributed by atoms with Crippen LogP contribution in [-0.4, -0.2) is 58.0 Å². The van der Waals surface area contributed by atoms with Crippen LogP contribution in [-0.2, 0) is 26.2 Å². The molecule has 3 aromatic rings. The van der Waals surface area contributed by atoms with Crippen LogP contribution in [0.3, 0.4) is 0 Å². The number of methoxy groups -OCH3 is 1. The third kappa shape index (κ3) is 8.39. The number of carbonyl (C=O) groups is 2. The molecule has 0 heterocycles. The number of anilines is 1. The number of rotatable bonds is 14. The van der Waals surface area contributed by atoms with Gasteiger partial charge in [-0.3, -0.25) is 13.9 Å². The van der Waals surface area contributed by atoms with Gasteiger partial charge in [0.05, 0.1) is 24.3 Å². The lowest BCUT2D eigenvalue weighted by Gasteiger charge is -2.32. The normalized spacial score (nSPS) is 12.0. The lowest BCUT2D eigenvalue weighted by Crippen LogP contribution is -2.51. The van der Waals surface area contributed by atoms with Gasteiger partial charge in [0.15, 0.2) is 0 Å². The molecule has 0 aromatic heterocycles. The molecule has 0 fully saturated rings. The van der Waals surface area contributed by atoms with Crippen molar-refractivity contribution in [3.8, 4) is 11.5 Å². The third-order valence-corrected chi connectivity index (χ3v) is 8.50. The van der Waals surface area contributed by atoms with Gasteiger partial charge in [0.25, 0.3) is 10.0 Å². The maximum absolute atomic E-state index is 14.1. The standard InChI is InChI=1S/C31H38ClN3O6S/c1-6-41-29-10-8-7-9-28(29)35(42(38,39)27-17-13-25(32)14-18-27)21-30(36)34(23(4)31(37)33-19-22(2)3)20-24-11-15-26(40-5)16-12-24/h7-18,22-23H,6,19-21H2,1-5H3,(H,33,37)/t23-/m0/s1. The maximum Gasteiger partial charge on any atom is 0.264 e. The molecule has 0 saturated carbocycles. The Morgan fingerprint density at radius 1 is 0.952 bits per heavy atom. The average Bonchev–Trinajstić information content (AvgIpc) is 2.98. The Labute approximate surface area is 253 Å². The second kappa shape index (κ2) is 14.9. The number of sulfonamides is 1. The van der Waals surface area contributed by atoms with Crippen molar-refractivity contribution in [1.29, 1.82) is 0 Å². The average molecular weight is 616 g/mol. The number of amides is 2. The second-order valence-corrected chi connectivity index (χ2v) is 12.3. The Bertz CT molecular complexity index is 1450. The molecule has 2 amide bonds. The Hall–Kier alpha value is -3.76. The summed E-state index contributed by atoms with van der Waals surface area (Å²) in [5.41, 5.74) is 0.943. The lowest BCUT2D eigenvalue weighted by atomic mass is 10.1. The van der Waals surface area contributed by atoms with E-state index in [0.717, 1.165) is 9.87 Å². The van der Waals surface area contributed by atoms with Crippen LogP contribution < -0.4 is 19.1 Å². The number of benzene rings is 3. The quantitative estimate of drug-likeness (QED) is 0.270. The molecule has 226 valence electrons. The van der Waals surface area contributed by atoms with E-state index in [-0.39, 0.29) is 35.6 Å². The number of ether oxygens (including phenoxy) is 2. The van der Waals surface area contributed by atoms with Gasteiger partial charge in [0.2, 0.25) is 11.8 Å². The van der Waals surface area contributed by atoms with Crippen molar-refractivity contribution >= 4 is 39.1 Å².